The summed E-state index contributed by atoms with van der Waals surface area (Å²) in [5.41, 5.74) is 1.07. The first-order valence-electron chi connectivity index (χ1n) is 5.25. The van der Waals surface area contributed by atoms with Gasteiger partial charge in [-0.1, -0.05) is 12.1 Å². The van der Waals surface area contributed by atoms with E-state index in [-0.39, 0.29) is 5.75 Å². The van der Waals surface area contributed by atoms with Gasteiger partial charge in [-0.05, 0) is 24.6 Å². The summed E-state index contributed by atoms with van der Waals surface area (Å²) in [4.78, 5) is 0. The topological polar surface area (TPSA) is 85.0 Å². The van der Waals surface area contributed by atoms with Crippen LogP contribution in [0.4, 0.5) is 0 Å². The van der Waals surface area contributed by atoms with Crippen LogP contribution in [-0.2, 0) is 15.8 Å². The van der Waals surface area contributed by atoms with E-state index in [9.17, 15) is 8.42 Å². The molecule has 0 spiro atoms. The van der Waals surface area contributed by atoms with E-state index in [0.29, 0.717) is 11.1 Å². The standard InChI is InChI=1S/C12H13N3O2S/c1-10(7-13)15(2)18(16,17)9-12-5-3-11(8-14)4-6-12/h3-6,10H,9H2,1-2H3. The van der Waals surface area contributed by atoms with Crippen molar-refractivity contribution in [2.75, 3.05) is 7.05 Å². The van der Waals surface area contributed by atoms with Crippen LogP contribution in [0.15, 0.2) is 24.3 Å². The van der Waals surface area contributed by atoms with Gasteiger partial charge in [0.05, 0.1) is 23.5 Å². The van der Waals surface area contributed by atoms with Gasteiger partial charge in [0, 0.05) is 7.05 Å². The summed E-state index contributed by atoms with van der Waals surface area (Å²) in [5, 5.41) is 17.4. The van der Waals surface area contributed by atoms with Gasteiger partial charge in [-0.15, -0.1) is 0 Å². The highest BCUT2D eigenvalue weighted by molar-refractivity contribution is 7.88. The molecule has 0 radical (unpaired) electrons. The first-order chi connectivity index (χ1) is 8.40. The molecule has 0 aliphatic carbocycles. The van der Waals surface area contributed by atoms with Crippen LogP contribution in [0.2, 0.25) is 0 Å². The van der Waals surface area contributed by atoms with Crippen molar-refractivity contribution in [2.45, 2.75) is 18.7 Å². The molecule has 94 valence electrons. The number of nitrogens with zero attached hydrogens (tertiary/aromatic N) is 3. The number of benzene rings is 1. The molecule has 0 aromatic heterocycles. The van der Waals surface area contributed by atoms with E-state index in [1.807, 2.05) is 12.1 Å². The zero-order chi connectivity index (χ0) is 13.8. The van der Waals surface area contributed by atoms with Gasteiger partial charge in [0.15, 0.2) is 0 Å². The summed E-state index contributed by atoms with van der Waals surface area (Å²) in [6.45, 7) is 1.52. The number of nitriles is 2. The zero-order valence-electron chi connectivity index (χ0n) is 10.2. The second kappa shape index (κ2) is 5.63. The molecule has 0 amide bonds. The van der Waals surface area contributed by atoms with Crippen molar-refractivity contribution in [3.63, 3.8) is 0 Å². The summed E-state index contributed by atoms with van der Waals surface area (Å²) in [5.74, 6) is -0.179. The van der Waals surface area contributed by atoms with Crippen molar-refractivity contribution in [1.29, 1.82) is 10.5 Å². The Morgan fingerprint density at radius 2 is 1.83 bits per heavy atom. The Morgan fingerprint density at radius 3 is 2.28 bits per heavy atom. The van der Waals surface area contributed by atoms with Crippen molar-refractivity contribution >= 4 is 10.0 Å². The van der Waals surface area contributed by atoms with E-state index < -0.39 is 16.1 Å². The third-order valence-corrected chi connectivity index (χ3v) is 4.50. The maximum Gasteiger partial charge on any atom is 0.219 e. The number of rotatable bonds is 4. The zero-order valence-corrected chi connectivity index (χ0v) is 11.0. The molecule has 1 rings (SSSR count). The highest BCUT2D eigenvalue weighted by Gasteiger charge is 2.23. The van der Waals surface area contributed by atoms with Crippen LogP contribution in [0.1, 0.15) is 18.1 Å². The maximum atomic E-state index is 12.0. The van der Waals surface area contributed by atoms with Gasteiger partial charge in [0.2, 0.25) is 10.0 Å². The van der Waals surface area contributed by atoms with Gasteiger partial charge < -0.3 is 0 Å². The molecule has 0 heterocycles. The quantitative estimate of drug-likeness (QED) is 0.817. The van der Waals surface area contributed by atoms with Crippen molar-refractivity contribution in [3.05, 3.63) is 35.4 Å². The molecular formula is C12H13N3O2S. The number of sulfonamides is 1. The average Bonchev–Trinajstić information content (AvgIpc) is 2.37. The molecule has 0 N–H and O–H groups in total. The van der Waals surface area contributed by atoms with E-state index in [1.165, 1.54) is 14.0 Å². The number of hydrogen-bond acceptors (Lipinski definition) is 4. The van der Waals surface area contributed by atoms with E-state index in [2.05, 4.69) is 0 Å². The predicted octanol–water partition coefficient (Wildman–Crippen LogP) is 1.23. The minimum Gasteiger partial charge on any atom is -0.212 e. The molecule has 5 nitrogen and oxygen atoms in total. The van der Waals surface area contributed by atoms with E-state index >= 15 is 0 Å². The van der Waals surface area contributed by atoms with E-state index in [4.69, 9.17) is 10.5 Å². The fraction of sp³-hybridized carbons (Fsp3) is 0.333. The van der Waals surface area contributed by atoms with Crippen LogP contribution >= 0.6 is 0 Å². The average molecular weight is 263 g/mol. The molecule has 1 atom stereocenters. The second-order valence-corrected chi connectivity index (χ2v) is 5.91. The summed E-state index contributed by atoms with van der Waals surface area (Å²) >= 11 is 0. The molecule has 0 bridgehead atoms. The van der Waals surface area contributed by atoms with Crippen molar-refractivity contribution in [1.82, 2.24) is 4.31 Å². The van der Waals surface area contributed by atoms with Gasteiger partial charge >= 0.3 is 0 Å². The fourth-order valence-corrected chi connectivity index (χ4v) is 2.66. The van der Waals surface area contributed by atoms with Crippen LogP contribution in [0, 0.1) is 22.7 Å². The Morgan fingerprint density at radius 1 is 1.28 bits per heavy atom. The summed E-state index contributed by atoms with van der Waals surface area (Å²) < 4.78 is 25.0. The molecule has 1 aromatic rings. The van der Waals surface area contributed by atoms with Crippen molar-refractivity contribution < 1.29 is 8.42 Å². The molecule has 1 unspecified atom stereocenters. The first kappa shape index (κ1) is 14.2. The van der Waals surface area contributed by atoms with E-state index in [1.54, 1.807) is 24.3 Å². The minimum atomic E-state index is -3.52. The molecule has 0 aliphatic rings. The lowest BCUT2D eigenvalue weighted by molar-refractivity contribution is 0.441. The lowest BCUT2D eigenvalue weighted by atomic mass is 10.2. The first-order valence-corrected chi connectivity index (χ1v) is 6.86. The van der Waals surface area contributed by atoms with Gasteiger partial charge in [0.25, 0.3) is 0 Å². The van der Waals surface area contributed by atoms with Crippen LogP contribution in [0.25, 0.3) is 0 Å². The molecule has 0 aliphatic heterocycles. The Balaban J connectivity index is 2.90. The van der Waals surface area contributed by atoms with Crippen LogP contribution < -0.4 is 0 Å². The smallest absolute Gasteiger partial charge is 0.212 e. The fourth-order valence-electron chi connectivity index (χ4n) is 1.31. The summed E-state index contributed by atoms with van der Waals surface area (Å²) in [7, 11) is -2.13. The second-order valence-electron chi connectivity index (χ2n) is 3.89. The maximum absolute atomic E-state index is 12.0. The lowest BCUT2D eigenvalue weighted by Gasteiger charge is -2.18. The predicted molar refractivity (Wildman–Crippen MR) is 66.6 cm³/mol. The highest BCUT2D eigenvalue weighted by atomic mass is 32.2. The molecule has 0 saturated carbocycles. The van der Waals surface area contributed by atoms with Gasteiger partial charge in [-0.2, -0.15) is 14.8 Å². The number of hydrogen-bond donors (Lipinski definition) is 0. The summed E-state index contributed by atoms with van der Waals surface area (Å²) in [6.07, 6.45) is 0. The van der Waals surface area contributed by atoms with Gasteiger partial charge in [-0.25, -0.2) is 8.42 Å². The Labute approximate surface area is 107 Å². The third-order valence-electron chi connectivity index (χ3n) is 2.60. The molecule has 6 heteroatoms. The lowest BCUT2D eigenvalue weighted by Crippen LogP contribution is -2.34. The highest BCUT2D eigenvalue weighted by Crippen LogP contribution is 2.12. The molecule has 0 saturated heterocycles. The van der Waals surface area contributed by atoms with Crippen molar-refractivity contribution in [3.8, 4) is 12.1 Å². The van der Waals surface area contributed by atoms with Crippen LogP contribution in [-0.4, -0.2) is 25.8 Å². The Bertz CT molecular complexity index is 594. The third kappa shape index (κ3) is 3.30. The van der Waals surface area contributed by atoms with E-state index in [0.717, 1.165) is 4.31 Å². The van der Waals surface area contributed by atoms with Crippen LogP contribution in [0.5, 0.6) is 0 Å². The van der Waals surface area contributed by atoms with Gasteiger partial charge in [-0.3, -0.25) is 0 Å². The minimum absolute atomic E-state index is 0.179. The molecule has 1 aromatic carbocycles. The van der Waals surface area contributed by atoms with Gasteiger partial charge in [0.1, 0.15) is 6.04 Å². The monoisotopic (exact) mass is 263 g/mol. The molecule has 18 heavy (non-hydrogen) atoms. The SMILES string of the molecule is CC(C#N)N(C)S(=O)(=O)Cc1ccc(C#N)cc1. The Hall–Kier alpha value is -1.89. The normalized spacial score (nSPS) is 12.7. The largest absolute Gasteiger partial charge is 0.219 e. The molecular weight excluding hydrogens is 250 g/mol. The summed E-state index contributed by atoms with van der Waals surface area (Å²) in [6, 6.07) is 9.47. The molecule has 0 fully saturated rings. The van der Waals surface area contributed by atoms with Crippen LogP contribution in [0.3, 0.4) is 0 Å². The Kier molecular flexibility index (Phi) is 4.43. The van der Waals surface area contributed by atoms with Crippen molar-refractivity contribution in [2.24, 2.45) is 0 Å².